The fourth-order valence-corrected chi connectivity index (χ4v) is 5.35. The predicted octanol–water partition coefficient (Wildman–Crippen LogP) is 4.74. The van der Waals surface area contributed by atoms with Crippen LogP contribution < -0.4 is 0 Å². The number of nitrogens with zero attached hydrogens (tertiary/aromatic N) is 6. The summed E-state index contributed by atoms with van der Waals surface area (Å²) in [4.78, 5) is 27.5. The summed E-state index contributed by atoms with van der Waals surface area (Å²) in [5.74, 6) is -0.683. The smallest absolute Gasteiger partial charge is 0.341 e. The highest BCUT2D eigenvalue weighted by Crippen LogP contribution is 2.55. The van der Waals surface area contributed by atoms with E-state index in [1.807, 2.05) is 31.4 Å². The molecule has 2 unspecified atom stereocenters. The van der Waals surface area contributed by atoms with E-state index in [1.54, 1.807) is 46.4 Å². The van der Waals surface area contributed by atoms with Crippen molar-refractivity contribution in [2.75, 3.05) is 20.2 Å². The van der Waals surface area contributed by atoms with E-state index in [2.05, 4.69) is 15.4 Å². The van der Waals surface area contributed by atoms with Crippen molar-refractivity contribution in [1.82, 2.24) is 29.7 Å². The van der Waals surface area contributed by atoms with Gasteiger partial charge in [-0.15, -0.1) is 5.10 Å². The lowest BCUT2D eigenvalue weighted by Crippen LogP contribution is -2.29. The van der Waals surface area contributed by atoms with Crippen molar-refractivity contribution < 1.29 is 18.7 Å². The molecule has 40 heavy (non-hydrogen) atoms. The maximum absolute atomic E-state index is 15.8. The fourth-order valence-electron chi connectivity index (χ4n) is 5.35. The van der Waals surface area contributed by atoms with Gasteiger partial charge >= 0.3 is 5.97 Å². The van der Waals surface area contributed by atoms with Crippen LogP contribution in [-0.2, 0) is 11.8 Å². The lowest BCUT2D eigenvalue weighted by Gasteiger charge is -2.18. The van der Waals surface area contributed by atoms with E-state index >= 15 is 4.39 Å². The molecule has 0 bridgehead atoms. The number of hydrogen-bond donors (Lipinski definition) is 0. The standard InChI is InChI=1S/C30H31FN6O3/c1-4-40-30(39)25-15-32-37(28(25)24-14-23(24)26-17-36(3)34-33-26)20-8-5-7-19(13-20)21-9-6-10-22(27(21)31)29(38)35(2)16-18-11-12-18/h5-10,13,15,17-18,23-24H,4,11-12,14,16H2,1-3H3. The maximum atomic E-state index is 15.8. The van der Waals surface area contributed by atoms with Gasteiger partial charge in [-0.1, -0.05) is 29.5 Å². The van der Waals surface area contributed by atoms with Crippen LogP contribution in [0, 0.1) is 11.7 Å². The summed E-state index contributed by atoms with van der Waals surface area (Å²) >= 11 is 0. The molecule has 0 spiro atoms. The number of aryl methyl sites for hydroxylation is 1. The normalized spacial score (nSPS) is 18.0. The van der Waals surface area contributed by atoms with Crippen LogP contribution in [-0.4, -0.2) is 61.8 Å². The third-order valence-electron chi connectivity index (χ3n) is 7.65. The van der Waals surface area contributed by atoms with Gasteiger partial charge in [0.05, 0.1) is 35.4 Å². The third-order valence-corrected chi connectivity index (χ3v) is 7.65. The van der Waals surface area contributed by atoms with Crippen molar-refractivity contribution in [2.24, 2.45) is 13.0 Å². The lowest BCUT2D eigenvalue weighted by molar-refractivity contribution is 0.0524. The second kappa shape index (κ2) is 10.3. The first-order chi connectivity index (χ1) is 19.4. The molecule has 1 amide bonds. The minimum Gasteiger partial charge on any atom is -0.462 e. The zero-order valence-electron chi connectivity index (χ0n) is 22.7. The number of amides is 1. The van der Waals surface area contributed by atoms with Crippen LogP contribution in [0.2, 0.25) is 0 Å². The van der Waals surface area contributed by atoms with Gasteiger partial charge in [0.25, 0.3) is 5.91 Å². The molecule has 2 atom stereocenters. The molecule has 206 valence electrons. The second-order valence-electron chi connectivity index (χ2n) is 10.7. The van der Waals surface area contributed by atoms with Crippen LogP contribution in [0.1, 0.15) is 70.1 Å². The number of carbonyl (C=O) groups excluding carboxylic acids is 2. The van der Waals surface area contributed by atoms with Gasteiger partial charge in [-0.3, -0.25) is 9.48 Å². The molecule has 10 heteroatoms. The Bertz CT molecular complexity index is 1590. The highest BCUT2D eigenvalue weighted by molar-refractivity contribution is 5.96. The van der Waals surface area contributed by atoms with E-state index in [-0.39, 0.29) is 29.9 Å². The van der Waals surface area contributed by atoms with Gasteiger partial charge in [0.15, 0.2) is 0 Å². The molecule has 2 aliphatic carbocycles. The summed E-state index contributed by atoms with van der Waals surface area (Å²) in [5, 5.41) is 12.9. The molecule has 0 saturated heterocycles. The van der Waals surface area contributed by atoms with E-state index in [0.717, 1.165) is 30.7 Å². The van der Waals surface area contributed by atoms with Crippen molar-refractivity contribution in [2.45, 2.75) is 38.0 Å². The van der Waals surface area contributed by atoms with Crippen LogP contribution >= 0.6 is 0 Å². The number of halogens is 1. The third kappa shape index (κ3) is 4.89. The molecule has 2 saturated carbocycles. The summed E-state index contributed by atoms with van der Waals surface area (Å²) in [6.07, 6.45) is 6.43. The number of aromatic nitrogens is 5. The Hall–Kier alpha value is -4.34. The Morgan fingerprint density at radius 3 is 2.65 bits per heavy atom. The average Bonchev–Trinajstić information content (AvgIpc) is 3.85. The number of rotatable bonds is 9. The molecule has 4 aromatic rings. The van der Waals surface area contributed by atoms with Crippen molar-refractivity contribution in [3.05, 3.63) is 83.2 Å². The van der Waals surface area contributed by atoms with E-state index in [0.29, 0.717) is 34.8 Å². The molecule has 0 aliphatic heterocycles. The molecule has 0 N–H and O–H groups in total. The number of ether oxygens (including phenoxy) is 1. The van der Waals surface area contributed by atoms with Gasteiger partial charge < -0.3 is 9.64 Å². The van der Waals surface area contributed by atoms with Crippen LogP contribution in [0.4, 0.5) is 4.39 Å². The topological polar surface area (TPSA) is 95.1 Å². The predicted molar refractivity (Wildman–Crippen MR) is 146 cm³/mol. The maximum Gasteiger partial charge on any atom is 0.341 e. The van der Waals surface area contributed by atoms with Crippen LogP contribution in [0.25, 0.3) is 16.8 Å². The Kier molecular flexibility index (Phi) is 6.69. The van der Waals surface area contributed by atoms with Crippen molar-refractivity contribution in [1.29, 1.82) is 0 Å². The quantitative estimate of drug-likeness (QED) is 0.284. The van der Waals surface area contributed by atoms with Gasteiger partial charge in [-0.05, 0) is 55.9 Å². The van der Waals surface area contributed by atoms with E-state index in [4.69, 9.17) is 4.74 Å². The minimum absolute atomic E-state index is 0.00181. The van der Waals surface area contributed by atoms with E-state index < -0.39 is 11.8 Å². The number of benzene rings is 2. The molecule has 9 nitrogen and oxygen atoms in total. The van der Waals surface area contributed by atoms with Crippen molar-refractivity contribution in [3.63, 3.8) is 0 Å². The second-order valence-corrected chi connectivity index (χ2v) is 10.7. The van der Waals surface area contributed by atoms with Crippen LogP contribution in [0.15, 0.2) is 54.9 Å². The summed E-state index contributed by atoms with van der Waals surface area (Å²) in [7, 11) is 3.54. The van der Waals surface area contributed by atoms with Gasteiger partial charge in [0, 0.05) is 44.2 Å². The Balaban J connectivity index is 1.35. The molecule has 2 heterocycles. The van der Waals surface area contributed by atoms with Crippen molar-refractivity contribution >= 4 is 11.9 Å². The lowest BCUT2D eigenvalue weighted by atomic mass is 10.0. The monoisotopic (exact) mass is 542 g/mol. The van der Waals surface area contributed by atoms with Gasteiger partial charge in [-0.25, -0.2) is 13.9 Å². The number of esters is 1. The SMILES string of the molecule is CCOC(=O)c1cnn(-c2cccc(-c3cccc(C(=O)N(C)CC4CC4)c3F)c2)c1C1CC1c1cn(C)nn1. The van der Waals surface area contributed by atoms with Gasteiger partial charge in [0.1, 0.15) is 11.4 Å². The first kappa shape index (κ1) is 25.9. The highest BCUT2D eigenvalue weighted by atomic mass is 19.1. The largest absolute Gasteiger partial charge is 0.462 e. The van der Waals surface area contributed by atoms with Crippen LogP contribution in [0.5, 0.6) is 0 Å². The van der Waals surface area contributed by atoms with Gasteiger partial charge in [0.2, 0.25) is 0 Å². The Morgan fingerprint density at radius 2 is 1.93 bits per heavy atom. The summed E-state index contributed by atoms with van der Waals surface area (Å²) in [5.41, 5.74) is 3.66. The van der Waals surface area contributed by atoms with E-state index in [1.165, 1.54) is 12.3 Å². The molecule has 2 fully saturated rings. The molecule has 2 aromatic carbocycles. The van der Waals surface area contributed by atoms with E-state index in [9.17, 15) is 9.59 Å². The summed E-state index contributed by atoms with van der Waals surface area (Å²) in [6.45, 7) is 2.66. The summed E-state index contributed by atoms with van der Waals surface area (Å²) < 4.78 is 24.5. The molecule has 2 aliphatic rings. The minimum atomic E-state index is -0.551. The molecule has 6 rings (SSSR count). The van der Waals surface area contributed by atoms with Crippen LogP contribution in [0.3, 0.4) is 0 Å². The van der Waals surface area contributed by atoms with Gasteiger partial charge in [-0.2, -0.15) is 5.10 Å². The van der Waals surface area contributed by atoms with Crippen molar-refractivity contribution in [3.8, 4) is 16.8 Å². The number of carbonyl (C=O) groups is 2. The Morgan fingerprint density at radius 1 is 1.12 bits per heavy atom. The molecule has 0 radical (unpaired) electrons. The fraction of sp³-hybridized carbons (Fsp3) is 0.367. The first-order valence-corrected chi connectivity index (χ1v) is 13.6. The average molecular weight is 543 g/mol. The molecule has 2 aromatic heterocycles. The molecular formula is C30H31FN6O3. The first-order valence-electron chi connectivity index (χ1n) is 13.6. The molecular weight excluding hydrogens is 511 g/mol. The Labute approximate surface area is 231 Å². The zero-order chi connectivity index (χ0) is 28.0. The zero-order valence-corrected chi connectivity index (χ0v) is 22.7. The summed E-state index contributed by atoms with van der Waals surface area (Å²) in [6, 6.07) is 12.2. The number of hydrogen-bond acceptors (Lipinski definition) is 6. The highest BCUT2D eigenvalue weighted by Gasteiger charge is 2.46.